The van der Waals surface area contributed by atoms with E-state index >= 15 is 0 Å². The maximum atomic E-state index is 12.4. The van der Waals surface area contributed by atoms with Gasteiger partial charge in [0.05, 0.1) is 6.10 Å². The molecule has 0 radical (unpaired) electrons. The van der Waals surface area contributed by atoms with Crippen molar-refractivity contribution >= 4 is 26.6 Å². The summed E-state index contributed by atoms with van der Waals surface area (Å²) >= 11 is 0. The number of nitrogens with two attached hydrogens (primary N) is 1. The highest BCUT2D eigenvalue weighted by Gasteiger charge is 2.27. The minimum absolute atomic E-state index is 0.00458. The van der Waals surface area contributed by atoms with E-state index in [4.69, 9.17) is 5.73 Å². The Balaban J connectivity index is 1.84. The number of fused-ring (bicyclic) bond motifs is 1. The van der Waals surface area contributed by atoms with Gasteiger partial charge in [-0.05, 0) is 37.0 Å². The van der Waals surface area contributed by atoms with Crippen molar-refractivity contribution in [2.24, 2.45) is 5.92 Å². The molecule has 1 aliphatic carbocycles. The third-order valence-corrected chi connectivity index (χ3v) is 5.58. The lowest BCUT2D eigenvalue weighted by Gasteiger charge is -2.15. The fourth-order valence-corrected chi connectivity index (χ4v) is 4.15. The molecule has 2 atom stereocenters. The zero-order valence-electron chi connectivity index (χ0n) is 11.5. The number of nitrogens with one attached hydrogen (secondary N) is 2. The van der Waals surface area contributed by atoms with Gasteiger partial charge in [0.25, 0.3) is 0 Å². The Bertz CT molecular complexity index is 754. The first-order valence-corrected chi connectivity index (χ1v) is 8.50. The number of rotatable bonds is 4. The van der Waals surface area contributed by atoms with Gasteiger partial charge in [0.2, 0.25) is 10.0 Å². The van der Waals surface area contributed by atoms with Gasteiger partial charge in [0, 0.05) is 29.3 Å². The molecule has 0 aliphatic heterocycles. The number of anilines is 1. The highest BCUT2D eigenvalue weighted by molar-refractivity contribution is 7.89. The standard InChI is InChI=1S/C14H19N3O3S/c15-10-4-5-12-11(6-10)14(8-16-12)21(19,20)17-7-9-2-1-3-13(9)18/h4-6,8-9,13,16-18H,1-3,7,15H2. The third-order valence-electron chi connectivity index (χ3n) is 4.11. The van der Waals surface area contributed by atoms with Crippen LogP contribution in [0.25, 0.3) is 10.9 Å². The van der Waals surface area contributed by atoms with Crippen molar-refractivity contribution in [1.29, 1.82) is 0 Å². The van der Waals surface area contributed by atoms with Crippen molar-refractivity contribution in [2.45, 2.75) is 30.3 Å². The van der Waals surface area contributed by atoms with Gasteiger partial charge in [0.1, 0.15) is 4.90 Å². The molecule has 7 heteroatoms. The summed E-state index contributed by atoms with van der Waals surface area (Å²) in [5, 5.41) is 10.3. The molecule has 6 nitrogen and oxygen atoms in total. The van der Waals surface area contributed by atoms with E-state index in [1.54, 1.807) is 18.2 Å². The molecular formula is C14H19N3O3S. The molecule has 1 saturated carbocycles. The molecule has 1 aliphatic rings. The minimum Gasteiger partial charge on any atom is -0.399 e. The Morgan fingerprint density at radius 2 is 2.19 bits per heavy atom. The summed E-state index contributed by atoms with van der Waals surface area (Å²) in [7, 11) is -3.62. The molecule has 2 unspecified atom stereocenters. The molecule has 21 heavy (non-hydrogen) atoms. The van der Waals surface area contributed by atoms with Crippen molar-refractivity contribution in [3.8, 4) is 0 Å². The molecule has 1 aromatic heterocycles. The van der Waals surface area contributed by atoms with Gasteiger partial charge in [-0.3, -0.25) is 0 Å². The van der Waals surface area contributed by atoms with Crippen LogP contribution in [0.5, 0.6) is 0 Å². The summed E-state index contributed by atoms with van der Waals surface area (Å²) in [5.74, 6) is -0.00458. The van der Waals surface area contributed by atoms with Gasteiger partial charge in [0.15, 0.2) is 0 Å². The zero-order valence-corrected chi connectivity index (χ0v) is 12.4. The fraction of sp³-hybridized carbons (Fsp3) is 0.429. The van der Waals surface area contributed by atoms with Gasteiger partial charge in [-0.25, -0.2) is 13.1 Å². The first-order chi connectivity index (χ1) is 9.97. The van der Waals surface area contributed by atoms with Crippen LogP contribution in [-0.2, 0) is 10.0 Å². The Morgan fingerprint density at radius 3 is 2.90 bits per heavy atom. The number of aliphatic hydroxyl groups excluding tert-OH is 1. The molecule has 1 heterocycles. The normalized spacial score (nSPS) is 22.9. The van der Waals surface area contributed by atoms with Gasteiger partial charge in [-0.2, -0.15) is 0 Å². The van der Waals surface area contributed by atoms with Crippen LogP contribution in [0.15, 0.2) is 29.3 Å². The lowest BCUT2D eigenvalue weighted by Crippen LogP contribution is -2.32. The molecule has 114 valence electrons. The quantitative estimate of drug-likeness (QED) is 0.636. The number of sulfonamides is 1. The second-order valence-corrected chi connectivity index (χ2v) is 7.30. The van der Waals surface area contributed by atoms with Gasteiger partial charge in [-0.15, -0.1) is 0 Å². The summed E-state index contributed by atoms with van der Waals surface area (Å²) in [6, 6.07) is 5.12. The number of H-pyrrole nitrogens is 1. The van der Waals surface area contributed by atoms with Crippen LogP contribution < -0.4 is 10.5 Å². The van der Waals surface area contributed by atoms with Crippen LogP contribution in [-0.4, -0.2) is 31.2 Å². The van der Waals surface area contributed by atoms with E-state index in [0.29, 0.717) is 11.1 Å². The number of aromatic amines is 1. The van der Waals surface area contributed by atoms with Crippen LogP contribution in [0.4, 0.5) is 5.69 Å². The van der Waals surface area contributed by atoms with Gasteiger partial charge in [-0.1, -0.05) is 6.42 Å². The average molecular weight is 309 g/mol. The Labute approximate surface area is 123 Å². The van der Waals surface area contributed by atoms with Crippen molar-refractivity contribution in [3.05, 3.63) is 24.4 Å². The van der Waals surface area contributed by atoms with E-state index in [1.165, 1.54) is 6.20 Å². The van der Waals surface area contributed by atoms with E-state index in [0.717, 1.165) is 24.8 Å². The SMILES string of the molecule is Nc1ccc2[nH]cc(S(=O)(=O)NCC3CCCC3O)c2c1. The number of aromatic nitrogens is 1. The van der Waals surface area contributed by atoms with Crippen LogP contribution in [0, 0.1) is 5.92 Å². The average Bonchev–Trinajstić information content (AvgIpc) is 3.02. The predicted molar refractivity (Wildman–Crippen MR) is 81.2 cm³/mol. The first kappa shape index (κ1) is 14.4. The number of hydrogen-bond acceptors (Lipinski definition) is 4. The maximum Gasteiger partial charge on any atom is 0.242 e. The summed E-state index contributed by atoms with van der Waals surface area (Å²) in [4.78, 5) is 3.13. The molecule has 0 saturated heterocycles. The number of benzene rings is 1. The lowest BCUT2D eigenvalue weighted by molar-refractivity contribution is 0.134. The van der Waals surface area contributed by atoms with Crippen LogP contribution in [0.1, 0.15) is 19.3 Å². The van der Waals surface area contributed by atoms with Crippen molar-refractivity contribution < 1.29 is 13.5 Å². The Hall–Kier alpha value is -1.57. The van der Waals surface area contributed by atoms with Crippen molar-refractivity contribution in [3.63, 3.8) is 0 Å². The highest BCUT2D eigenvalue weighted by Crippen LogP contribution is 2.27. The van der Waals surface area contributed by atoms with E-state index in [2.05, 4.69) is 9.71 Å². The van der Waals surface area contributed by atoms with Gasteiger partial charge < -0.3 is 15.8 Å². The lowest BCUT2D eigenvalue weighted by atomic mass is 10.1. The first-order valence-electron chi connectivity index (χ1n) is 7.02. The summed E-state index contributed by atoms with van der Waals surface area (Å²) in [6.45, 7) is 0.262. The molecule has 1 fully saturated rings. The number of hydrogen-bond donors (Lipinski definition) is 4. The summed E-state index contributed by atoms with van der Waals surface area (Å²) in [5.41, 5.74) is 6.97. The van der Waals surface area contributed by atoms with E-state index < -0.39 is 16.1 Å². The number of aliphatic hydroxyl groups is 1. The summed E-state index contributed by atoms with van der Waals surface area (Å²) < 4.78 is 27.5. The third kappa shape index (κ3) is 2.76. The molecular weight excluding hydrogens is 290 g/mol. The van der Waals surface area contributed by atoms with Crippen LogP contribution >= 0.6 is 0 Å². The van der Waals surface area contributed by atoms with Crippen LogP contribution in [0.2, 0.25) is 0 Å². The van der Waals surface area contributed by atoms with E-state index in [9.17, 15) is 13.5 Å². The molecule has 0 amide bonds. The molecule has 2 aromatic rings. The van der Waals surface area contributed by atoms with Gasteiger partial charge >= 0.3 is 0 Å². The van der Waals surface area contributed by atoms with E-state index in [-0.39, 0.29) is 17.4 Å². The second kappa shape index (κ2) is 5.32. The smallest absolute Gasteiger partial charge is 0.242 e. The molecule has 0 spiro atoms. The molecule has 0 bridgehead atoms. The predicted octanol–water partition coefficient (Wildman–Crippen LogP) is 1.19. The minimum atomic E-state index is -3.62. The zero-order chi connectivity index (χ0) is 15.0. The molecule has 3 rings (SSSR count). The number of nitrogen functional groups attached to an aromatic ring is 1. The molecule has 5 N–H and O–H groups in total. The topological polar surface area (TPSA) is 108 Å². The van der Waals surface area contributed by atoms with E-state index in [1.807, 2.05) is 0 Å². The maximum absolute atomic E-state index is 12.4. The van der Waals surface area contributed by atoms with Crippen molar-refractivity contribution in [2.75, 3.05) is 12.3 Å². The van der Waals surface area contributed by atoms with Crippen LogP contribution in [0.3, 0.4) is 0 Å². The monoisotopic (exact) mass is 309 g/mol. The largest absolute Gasteiger partial charge is 0.399 e. The Morgan fingerprint density at radius 1 is 1.38 bits per heavy atom. The fourth-order valence-electron chi connectivity index (χ4n) is 2.88. The second-order valence-electron chi connectivity index (χ2n) is 5.57. The summed E-state index contributed by atoms with van der Waals surface area (Å²) in [6.07, 6.45) is 3.60. The highest BCUT2D eigenvalue weighted by atomic mass is 32.2. The molecule has 1 aromatic carbocycles. The Kier molecular flexibility index (Phi) is 3.64. The van der Waals surface area contributed by atoms with Crippen molar-refractivity contribution in [1.82, 2.24) is 9.71 Å².